The molecular formula is C14H20BrNOS. The lowest BCUT2D eigenvalue weighted by atomic mass is 9.90. The summed E-state index contributed by atoms with van der Waals surface area (Å²) in [6, 6.07) is 4.46. The lowest BCUT2D eigenvalue weighted by Crippen LogP contribution is -2.40. The van der Waals surface area contributed by atoms with Crippen molar-refractivity contribution in [3.05, 3.63) is 27.7 Å². The minimum Gasteiger partial charge on any atom is -0.496 e. The van der Waals surface area contributed by atoms with Gasteiger partial charge in [0.25, 0.3) is 0 Å². The van der Waals surface area contributed by atoms with Crippen LogP contribution >= 0.6 is 27.7 Å². The number of hydrogen-bond acceptors (Lipinski definition) is 3. The van der Waals surface area contributed by atoms with Crippen LogP contribution in [0.5, 0.6) is 5.75 Å². The van der Waals surface area contributed by atoms with Crippen LogP contribution in [0.3, 0.4) is 0 Å². The molecule has 4 heteroatoms. The van der Waals surface area contributed by atoms with Crippen molar-refractivity contribution in [2.75, 3.05) is 13.7 Å². The molecule has 0 amide bonds. The van der Waals surface area contributed by atoms with E-state index in [4.69, 9.17) is 4.74 Å². The number of benzene rings is 1. The van der Waals surface area contributed by atoms with Crippen LogP contribution < -0.4 is 10.1 Å². The molecule has 1 aliphatic heterocycles. The van der Waals surface area contributed by atoms with E-state index in [0.29, 0.717) is 6.04 Å². The quantitative estimate of drug-likeness (QED) is 0.900. The van der Waals surface area contributed by atoms with E-state index in [9.17, 15) is 0 Å². The molecular weight excluding hydrogens is 310 g/mol. The summed E-state index contributed by atoms with van der Waals surface area (Å²) in [7, 11) is 1.75. The molecule has 0 bridgehead atoms. The molecule has 0 fully saturated rings. The van der Waals surface area contributed by atoms with Gasteiger partial charge in [0.2, 0.25) is 0 Å². The third kappa shape index (κ3) is 2.43. The Morgan fingerprint density at radius 1 is 1.50 bits per heavy atom. The number of hydrogen-bond donors (Lipinski definition) is 1. The van der Waals surface area contributed by atoms with Gasteiger partial charge in [0.05, 0.1) is 13.2 Å². The van der Waals surface area contributed by atoms with Crippen LogP contribution in [0.25, 0.3) is 0 Å². The number of ether oxygens (including phenoxy) is 1. The van der Waals surface area contributed by atoms with Gasteiger partial charge in [-0.3, -0.25) is 0 Å². The average molecular weight is 330 g/mol. The molecule has 0 saturated heterocycles. The van der Waals surface area contributed by atoms with Crippen molar-refractivity contribution in [2.24, 2.45) is 0 Å². The van der Waals surface area contributed by atoms with Gasteiger partial charge < -0.3 is 10.1 Å². The van der Waals surface area contributed by atoms with E-state index in [1.165, 1.54) is 15.6 Å². The predicted octanol–water partition coefficient (Wildman–Crippen LogP) is 4.13. The van der Waals surface area contributed by atoms with E-state index in [1.807, 2.05) is 11.8 Å². The van der Waals surface area contributed by atoms with Crippen LogP contribution in [-0.2, 0) is 5.75 Å². The molecule has 1 atom stereocenters. The van der Waals surface area contributed by atoms with Gasteiger partial charge in [0, 0.05) is 20.5 Å². The normalized spacial score (nSPS) is 21.5. The standard InChI is InChI=1S/C14H20BrNOS/c1-5-16-13-12-9(8-18-14(13,2)3)10(15)6-7-11(12)17-4/h6-7,13,16H,5,8H2,1-4H3. The molecule has 1 unspecified atom stereocenters. The molecule has 100 valence electrons. The number of thioether (sulfide) groups is 1. The first-order chi connectivity index (χ1) is 8.51. The fraction of sp³-hybridized carbons (Fsp3) is 0.571. The number of nitrogens with one attached hydrogen (secondary N) is 1. The van der Waals surface area contributed by atoms with Crippen molar-refractivity contribution in [1.29, 1.82) is 0 Å². The van der Waals surface area contributed by atoms with Crippen LogP contribution in [0.4, 0.5) is 0 Å². The van der Waals surface area contributed by atoms with Gasteiger partial charge in [-0.1, -0.05) is 22.9 Å². The fourth-order valence-corrected chi connectivity index (χ4v) is 4.37. The molecule has 1 heterocycles. The maximum atomic E-state index is 5.57. The second-order valence-electron chi connectivity index (χ2n) is 5.02. The maximum absolute atomic E-state index is 5.57. The molecule has 2 nitrogen and oxygen atoms in total. The number of halogens is 1. The van der Waals surface area contributed by atoms with Gasteiger partial charge >= 0.3 is 0 Å². The van der Waals surface area contributed by atoms with Crippen LogP contribution in [-0.4, -0.2) is 18.4 Å². The van der Waals surface area contributed by atoms with Gasteiger partial charge in [-0.2, -0.15) is 0 Å². The Morgan fingerprint density at radius 2 is 2.22 bits per heavy atom. The highest BCUT2D eigenvalue weighted by Crippen LogP contribution is 2.50. The summed E-state index contributed by atoms with van der Waals surface area (Å²) in [6.45, 7) is 7.71. The Balaban J connectivity index is 2.58. The summed E-state index contributed by atoms with van der Waals surface area (Å²) in [4.78, 5) is 0. The van der Waals surface area contributed by atoms with Crippen molar-refractivity contribution < 1.29 is 4.74 Å². The second kappa shape index (κ2) is 5.43. The first-order valence-electron chi connectivity index (χ1n) is 6.24. The summed E-state index contributed by atoms with van der Waals surface area (Å²) in [5.74, 6) is 2.02. The first kappa shape index (κ1) is 14.2. The molecule has 0 radical (unpaired) electrons. The Kier molecular flexibility index (Phi) is 4.29. The lowest BCUT2D eigenvalue weighted by Gasteiger charge is -2.41. The molecule has 18 heavy (non-hydrogen) atoms. The van der Waals surface area contributed by atoms with Crippen molar-refractivity contribution in [3.63, 3.8) is 0 Å². The number of rotatable bonds is 3. The van der Waals surface area contributed by atoms with Gasteiger partial charge in [0.1, 0.15) is 5.75 Å². The summed E-state index contributed by atoms with van der Waals surface area (Å²) in [6.07, 6.45) is 0. The van der Waals surface area contributed by atoms with Crippen LogP contribution in [0.15, 0.2) is 16.6 Å². The van der Waals surface area contributed by atoms with Crippen LogP contribution in [0.1, 0.15) is 37.9 Å². The molecule has 0 aliphatic carbocycles. The van der Waals surface area contributed by atoms with Crippen LogP contribution in [0, 0.1) is 0 Å². The molecule has 1 N–H and O–H groups in total. The third-order valence-corrected chi connectivity index (χ3v) is 5.62. The molecule has 1 aliphatic rings. The van der Waals surface area contributed by atoms with E-state index in [2.05, 4.69) is 54.2 Å². The van der Waals surface area contributed by atoms with E-state index >= 15 is 0 Å². The highest BCUT2D eigenvalue weighted by Gasteiger charge is 2.38. The molecule has 0 aromatic heterocycles. The smallest absolute Gasteiger partial charge is 0.124 e. The molecule has 2 rings (SSSR count). The summed E-state index contributed by atoms with van der Waals surface area (Å²) >= 11 is 5.66. The zero-order chi connectivity index (χ0) is 13.3. The zero-order valence-corrected chi connectivity index (χ0v) is 13.7. The first-order valence-corrected chi connectivity index (χ1v) is 8.01. The number of methoxy groups -OCH3 is 1. The Labute approximate surface area is 122 Å². The average Bonchev–Trinajstić information content (AvgIpc) is 2.33. The molecule has 0 spiro atoms. The zero-order valence-electron chi connectivity index (χ0n) is 11.3. The summed E-state index contributed by atoms with van der Waals surface area (Å²) < 4.78 is 6.93. The second-order valence-corrected chi connectivity index (χ2v) is 7.51. The van der Waals surface area contributed by atoms with Crippen LogP contribution in [0.2, 0.25) is 0 Å². The van der Waals surface area contributed by atoms with E-state index in [0.717, 1.165) is 18.0 Å². The predicted molar refractivity (Wildman–Crippen MR) is 82.5 cm³/mol. The third-order valence-electron chi connectivity index (χ3n) is 3.46. The number of fused-ring (bicyclic) bond motifs is 1. The summed E-state index contributed by atoms with van der Waals surface area (Å²) in [5, 5.41) is 3.61. The SMILES string of the molecule is CCNC1c2c(OC)ccc(Br)c2CSC1(C)C. The minimum absolute atomic E-state index is 0.178. The topological polar surface area (TPSA) is 21.3 Å². The Bertz CT molecular complexity index is 448. The minimum atomic E-state index is 0.178. The maximum Gasteiger partial charge on any atom is 0.124 e. The Hall–Kier alpha value is -0.190. The van der Waals surface area contributed by atoms with Gasteiger partial charge in [0.15, 0.2) is 0 Å². The highest BCUT2D eigenvalue weighted by atomic mass is 79.9. The van der Waals surface area contributed by atoms with Gasteiger partial charge in [-0.15, -0.1) is 11.8 Å². The molecule has 0 saturated carbocycles. The largest absolute Gasteiger partial charge is 0.496 e. The Morgan fingerprint density at radius 3 is 2.83 bits per heavy atom. The molecule has 1 aromatic rings. The fourth-order valence-electron chi connectivity index (χ4n) is 2.50. The van der Waals surface area contributed by atoms with Gasteiger partial charge in [-0.25, -0.2) is 0 Å². The lowest BCUT2D eigenvalue weighted by molar-refractivity contribution is 0.382. The highest BCUT2D eigenvalue weighted by molar-refractivity contribution is 9.10. The van der Waals surface area contributed by atoms with Gasteiger partial charge in [-0.05, 0) is 38.1 Å². The summed E-state index contributed by atoms with van der Waals surface area (Å²) in [5.41, 5.74) is 2.68. The van der Waals surface area contributed by atoms with Crippen molar-refractivity contribution >= 4 is 27.7 Å². The van der Waals surface area contributed by atoms with Crippen molar-refractivity contribution in [1.82, 2.24) is 5.32 Å². The van der Waals surface area contributed by atoms with E-state index < -0.39 is 0 Å². The van der Waals surface area contributed by atoms with E-state index in [1.54, 1.807) is 7.11 Å². The monoisotopic (exact) mass is 329 g/mol. The van der Waals surface area contributed by atoms with E-state index in [-0.39, 0.29) is 4.75 Å². The van der Waals surface area contributed by atoms with Crippen molar-refractivity contribution in [3.8, 4) is 5.75 Å². The molecule has 1 aromatic carbocycles. The van der Waals surface area contributed by atoms with Crippen molar-refractivity contribution in [2.45, 2.75) is 37.3 Å².